The molecular formula is C10H11ClN2S. The largest absolute Gasteiger partial charge is 0.364 e. The van der Waals surface area contributed by atoms with E-state index in [9.17, 15) is 0 Å². The van der Waals surface area contributed by atoms with Crippen molar-refractivity contribution in [2.75, 3.05) is 12.3 Å². The fourth-order valence-corrected chi connectivity index (χ4v) is 2.27. The molecule has 0 aromatic heterocycles. The normalized spacial score (nSPS) is 18.6. The molecule has 0 aliphatic carbocycles. The van der Waals surface area contributed by atoms with Crippen molar-refractivity contribution in [1.82, 2.24) is 5.32 Å². The molecule has 1 aliphatic heterocycles. The van der Waals surface area contributed by atoms with E-state index in [4.69, 9.17) is 11.6 Å². The maximum absolute atomic E-state index is 5.86. The zero-order valence-corrected chi connectivity index (χ0v) is 9.45. The summed E-state index contributed by atoms with van der Waals surface area (Å²) in [5.41, 5.74) is 2.10. The molecule has 0 saturated carbocycles. The predicted octanol–water partition coefficient (Wildman–Crippen LogP) is 2.97. The number of nitrogens with one attached hydrogen (secondary N) is 1. The van der Waals surface area contributed by atoms with Crippen LogP contribution in [0.2, 0.25) is 5.02 Å². The lowest BCUT2D eigenvalue weighted by Gasteiger charge is -2.02. The van der Waals surface area contributed by atoms with Crippen LogP contribution in [0.1, 0.15) is 5.56 Å². The average molecular weight is 227 g/mol. The second-order valence-corrected chi connectivity index (χ2v) is 4.64. The Bertz CT molecular complexity index is 368. The molecule has 0 amide bonds. The van der Waals surface area contributed by atoms with Crippen molar-refractivity contribution in [2.24, 2.45) is 4.99 Å². The highest BCUT2D eigenvalue weighted by Gasteiger charge is 2.08. The molecule has 1 heterocycles. The van der Waals surface area contributed by atoms with Gasteiger partial charge in [0.15, 0.2) is 5.17 Å². The number of aryl methyl sites for hydroxylation is 1. The van der Waals surface area contributed by atoms with Crippen LogP contribution in [0.25, 0.3) is 0 Å². The number of hydrogen-bond donors (Lipinski definition) is 1. The Morgan fingerprint density at radius 3 is 3.00 bits per heavy atom. The third-order valence-corrected chi connectivity index (χ3v) is 3.15. The molecule has 1 aromatic rings. The summed E-state index contributed by atoms with van der Waals surface area (Å²) in [5.74, 6) is 1.10. The van der Waals surface area contributed by atoms with Crippen molar-refractivity contribution in [3.05, 3.63) is 28.8 Å². The topological polar surface area (TPSA) is 24.4 Å². The summed E-state index contributed by atoms with van der Waals surface area (Å²) in [6.07, 6.45) is 0. The first-order valence-corrected chi connectivity index (χ1v) is 5.83. The smallest absolute Gasteiger partial charge is 0.161 e. The molecule has 0 atom stereocenters. The average Bonchev–Trinajstić information content (AvgIpc) is 2.62. The molecule has 14 heavy (non-hydrogen) atoms. The van der Waals surface area contributed by atoms with E-state index in [1.54, 1.807) is 11.8 Å². The van der Waals surface area contributed by atoms with Crippen molar-refractivity contribution in [1.29, 1.82) is 0 Å². The van der Waals surface area contributed by atoms with Gasteiger partial charge in [-0.1, -0.05) is 23.4 Å². The van der Waals surface area contributed by atoms with Gasteiger partial charge in [-0.15, -0.1) is 0 Å². The van der Waals surface area contributed by atoms with Gasteiger partial charge in [0.25, 0.3) is 0 Å². The molecule has 74 valence electrons. The van der Waals surface area contributed by atoms with Crippen LogP contribution in [0.5, 0.6) is 0 Å². The third kappa shape index (κ3) is 2.22. The van der Waals surface area contributed by atoms with Crippen LogP contribution in [-0.2, 0) is 0 Å². The van der Waals surface area contributed by atoms with E-state index in [0.29, 0.717) is 0 Å². The first-order valence-electron chi connectivity index (χ1n) is 4.47. The number of amidine groups is 1. The number of aliphatic imine (C=N–C) groups is 1. The number of nitrogens with zero attached hydrogens (tertiary/aromatic N) is 1. The monoisotopic (exact) mass is 226 g/mol. The predicted molar refractivity (Wildman–Crippen MR) is 63.7 cm³/mol. The molecule has 0 bridgehead atoms. The Kier molecular flexibility index (Phi) is 2.99. The van der Waals surface area contributed by atoms with E-state index >= 15 is 0 Å². The maximum Gasteiger partial charge on any atom is 0.161 e. The van der Waals surface area contributed by atoms with Gasteiger partial charge in [0.05, 0.1) is 5.69 Å². The maximum atomic E-state index is 5.86. The molecule has 0 spiro atoms. The molecule has 4 heteroatoms. The van der Waals surface area contributed by atoms with Crippen molar-refractivity contribution in [3.63, 3.8) is 0 Å². The Hall–Kier alpha value is -0.670. The Morgan fingerprint density at radius 2 is 2.36 bits per heavy atom. The van der Waals surface area contributed by atoms with Gasteiger partial charge < -0.3 is 5.32 Å². The molecule has 1 aromatic carbocycles. The highest BCUT2D eigenvalue weighted by Crippen LogP contribution is 2.24. The van der Waals surface area contributed by atoms with Gasteiger partial charge in [0.1, 0.15) is 0 Å². The number of thioether (sulfide) groups is 1. The molecule has 1 N–H and O–H groups in total. The first-order chi connectivity index (χ1) is 6.75. The van der Waals surface area contributed by atoms with Crippen LogP contribution in [0, 0.1) is 6.92 Å². The summed E-state index contributed by atoms with van der Waals surface area (Å²) in [5, 5.41) is 5.00. The number of benzene rings is 1. The van der Waals surface area contributed by atoms with E-state index in [0.717, 1.165) is 33.7 Å². The molecule has 1 aliphatic rings. The van der Waals surface area contributed by atoms with Crippen molar-refractivity contribution in [3.8, 4) is 0 Å². The van der Waals surface area contributed by atoms with Crippen LogP contribution in [0.15, 0.2) is 23.2 Å². The SMILES string of the molecule is Cc1cc(Cl)ccc1/N=C1/NCCS1. The number of halogens is 1. The molecule has 1 saturated heterocycles. The summed E-state index contributed by atoms with van der Waals surface area (Å²) in [6.45, 7) is 3.03. The summed E-state index contributed by atoms with van der Waals surface area (Å²) in [7, 11) is 0. The zero-order chi connectivity index (χ0) is 9.97. The van der Waals surface area contributed by atoms with Crippen LogP contribution < -0.4 is 5.32 Å². The van der Waals surface area contributed by atoms with Crippen molar-refractivity contribution < 1.29 is 0 Å². The standard InChI is InChI=1S/C10H11ClN2S/c1-7-6-8(11)2-3-9(7)13-10-12-4-5-14-10/h2-3,6H,4-5H2,1H3,(H,12,13). The minimum absolute atomic E-state index is 0.762. The molecule has 2 rings (SSSR count). The van der Waals surface area contributed by atoms with Gasteiger partial charge in [0.2, 0.25) is 0 Å². The third-order valence-electron chi connectivity index (χ3n) is 2.00. The lowest BCUT2D eigenvalue weighted by molar-refractivity contribution is 1.02. The molecule has 2 nitrogen and oxygen atoms in total. The van der Waals surface area contributed by atoms with Crippen LogP contribution in [0.3, 0.4) is 0 Å². The Labute approximate surface area is 92.8 Å². The van der Waals surface area contributed by atoms with E-state index < -0.39 is 0 Å². The summed E-state index contributed by atoms with van der Waals surface area (Å²) < 4.78 is 0. The summed E-state index contributed by atoms with van der Waals surface area (Å²) in [4.78, 5) is 4.51. The minimum atomic E-state index is 0.762. The van der Waals surface area contributed by atoms with E-state index in [-0.39, 0.29) is 0 Å². The molecular weight excluding hydrogens is 216 g/mol. The molecule has 1 fully saturated rings. The first kappa shape index (κ1) is 9.87. The molecule has 0 unspecified atom stereocenters. The minimum Gasteiger partial charge on any atom is -0.364 e. The summed E-state index contributed by atoms with van der Waals surface area (Å²) in [6, 6.07) is 5.75. The summed E-state index contributed by atoms with van der Waals surface area (Å²) >= 11 is 7.62. The van der Waals surface area contributed by atoms with Gasteiger partial charge in [-0.3, -0.25) is 0 Å². The second-order valence-electron chi connectivity index (χ2n) is 3.12. The molecule has 0 radical (unpaired) electrons. The number of hydrogen-bond acceptors (Lipinski definition) is 2. The van der Waals surface area contributed by atoms with Gasteiger partial charge in [-0.05, 0) is 30.7 Å². The van der Waals surface area contributed by atoms with Gasteiger partial charge >= 0.3 is 0 Å². The lowest BCUT2D eigenvalue weighted by atomic mass is 10.2. The van der Waals surface area contributed by atoms with Crippen LogP contribution in [0.4, 0.5) is 5.69 Å². The fourth-order valence-electron chi connectivity index (χ4n) is 1.28. The highest BCUT2D eigenvalue weighted by molar-refractivity contribution is 8.14. The fraction of sp³-hybridized carbons (Fsp3) is 0.300. The van der Waals surface area contributed by atoms with E-state index in [1.807, 2.05) is 25.1 Å². The van der Waals surface area contributed by atoms with Gasteiger partial charge in [-0.25, -0.2) is 4.99 Å². The van der Waals surface area contributed by atoms with Crippen LogP contribution >= 0.6 is 23.4 Å². The lowest BCUT2D eigenvalue weighted by Crippen LogP contribution is -2.12. The quantitative estimate of drug-likeness (QED) is 0.796. The Balaban J connectivity index is 2.28. The zero-order valence-electron chi connectivity index (χ0n) is 7.88. The Morgan fingerprint density at radius 1 is 1.50 bits per heavy atom. The van der Waals surface area contributed by atoms with E-state index in [2.05, 4.69) is 10.3 Å². The van der Waals surface area contributed by atoms with Gasteiger partial charge in [-0.2, -0.15) is 0 Å². The van der Waals surface area contributed by atoms with Crippen molar-refractivity contribution in [2.45, 2.75) is 6.92 Å². The number of rotatable bonds is 1. The van der Waals surface area contributed by atoms with Gasteiger partial charge in [0, 0.05) is 17.3 Å². The van der Waals surface area contributed by atoms with Crippen molar-refractivity contribution >= 4 is 34.2 Å². The second kappa shape index (κ2) is 4.24. The highest BCUT2D eigenvalue weighted by atomic mass is 35.5. The van der Waals surface area contributed by atoms with Crippen LogP contribution in [-0.4, -0.2) is 17.5 Å². The van der Waals surface area contributed by atoms with E-state index in [1.165, 1.54) is 0 Å².